The van der Waals surface area contributed by atoms with Gasteiger partial charge in [-0.3, -0.25) is 14.4 Å². The lowest BCUT2D eigenvalue weighted by atomic mass is 9.65. The van der Waals surface area contributed by atoms with Crippen LogP contribution < -0.4 is 10.6 Å². The van der Waals surface area contributed by atoms with Gasteiger partial charge in [0.25, 0.3) is 0 Å². The Morgan fingerprint density at radius 2 is 1.80 bits per heavy atom. The fourth-order valence-corrected chi connectivity index (χ4v) is 6.56. The molecule has 192 valence electrons. The van der Waals surface area contributed by atoms with Crippen molar-refractivity contribution in [3.63, 3.8) is 0 Å². The summed E-state index contributed by atoms with van der Waals surface area (Å²) in [4.78, 5) is 42.9. The first-order valence-electron chi connectivity index (χ1n) is 13.1. The molecule has 1 spiro atoms. The third-order valence-electron chi connectivity index (χ3n) is 8.22. The van der Waals surface area contributed by atoms with E-state index < -0.39 is 35.1 Å². The fraction of sp³-hybridized carbons (Fsp3) is 0.667. The number of hydrogen-bond donors (Lipinski definition) is 3. The summed E-state index contributed by atoms with van der Waals surface area (Å²) in [5.74, 6) is -2.15. The van der Waals surface area contributed by atoms with Crippen molar-refractivity contribution in [2.24, 2.45) is 11.8 Å². The predicted octanol–water partition coefficient (Wildman–Crippen LogP) is 2.32. The van der Waals surface area contributed by atoms with E-state index in [4.69, 9.17) is 4.74 Å². The minimum Gasteiger partial charge on any atom is -0.394 e. The maximum Gasteiger partial charge on any atom is 0.245 e. The van der Waals surface area contributed by atoms with Gasteiger partial charge in [0.2, 0.25) is 17.7 Å². The Morgan fingerprint density at radius 3 is 2.43 bits per heavy atom. The molecular weight excluding hydrogens is 446 g/mol. The van der Waals surface area contributed by atoms with Crippen LogP contribution in [0, 0.1) is 11.8 Å². The first-order chi connectivity index (χ1) is 16.9. The van der Waals surface area contributed by atoms with Gasteiger partial charge in [-0.1, -0.05) is 57.5 Å². The topological polar surface area (TPSA) is 108 Å². The molecule has 1 aromatic carbocycles. The number of rotatable bonds is 11. The Kier molecular flexibility index (Phi) is 7.52. The molecule has 4 rings (SSSR count). The first-order valence-corrected chi connectivity index (χ1v) is 13.1. The molecule has 0 radical (unpaired) electrons. The van der Waals surface area contributed by atoms with E-state index in [0.29, 0.717) is 32.4 Å². The lowest BCUT2D eigenvalue weighted by Gasteiger charge is -2.37. The Hall–Kier alpha value is -2.45. The Morgan fingerprint density at radius 1 is 1.09 bits per heavy atom. The van der Waals surface area contributed by atoms with Crippen LogP contribution in [0.5, 0.6) is 0 Å². The summed E-state index contributed by atoms with van der Waals surface area (Å²) in [6, 6.07) is 7.66. The summed E-state index contributed by atoms with van der Waals surface area (Å²) in [7, 11) is 0. The van der Waals surface area contributed by atoms with Crippen molar-refractivity contribution in [3.05, 3.63) is 35.9 Å². The molecule has 1 aromatic rings. The Bertz CT molecular complexity index is 940. The second kappa shape index (κ2) is 10.3. The van der Waals surface area contributed by atoms with Gasteiger partial charge in [-0.05, 0) is 37.7 Å². The van der Waals surface area contributed by atoms with Crippen molar-refractivity contribution in [2.75, 3.05) is 19.7 Å². The smallest absolute Gasteiger partial charge is 0.245 e. The molecule has 35 heavy (non-hydrogen) atoms. The van der Waals surface area contributed by atoms with E-state index in [0.717, 1.165) is 24.8 Å². The molecule has 2 bridgehead atoms. The SMILES string of the molecule is CCCCNC(=O)C1N([C@H](CO)c2ccccc2)C(=O)[C@@H]2[C@@H](C(=O)NCCC)[C@@]3(CC)CCC12O3. The quantitative estimate of drug-likeness (QED) is 0.417. The first kappa shape index (κ1) is 25.6. The van der Waals surface area contributed by atoms with Crippen molar-refractivity contribution in [2.45, 2.75) is 82.6 Å². The molecule has 3 fully saturated rings. The van der Waals surface area contributed by atoms with E-state index in [1.165, 1.54) is 4.90 Å². The van der Waals surface area contributed by atoms with Crippen LogP contribution in [-0.2, 0) is 19.1 Å². The van der Waals surface area contributed by atoms with Crippen molar-refractivity contribution in [1.82, 2.24) is 15.5 Å². The number of likely N-dealkylation sites (tertiary alicyclic amines) is 1. The summed E-state index contributed by atoms with van der Waals surface area (Å²) in [5.41, 5.74) is -1.09. The lowest BCUT2D eigenvalue weighted by molar-refractivity contribution is -0.151. The zero-order valence-electron chi connectivity index (χ0n) is 21.1. The molecule has 8 heteroatoms. The van der Waals surface area contributed by atoms with Gasteiger partial charge in [0.1, 0.15) is 11.6 Å². The summed E-state index contributed by atoms with van der Waals surface area (Å²) in [5, 5.41) is 16.4. The number of amides is 3. The van der Waals surface area contributed by atoms with Gasteiger partial charge < -0.3 is 25.4 Å². The van der Waals surface area contributed by atoms with E-state index in [1.807, 2.05) is 44.2 Å². The number of carbonyl (C=O) groups excluding carboxylic acids is 3. The zero-order valence-corrected chi connectivity index (χ0v) is 21.1. The van der Waals surface area contributed by atoms with E-state index in [2.05, 4.69) is 17.6 Å². The molecule has 0 aromatic heterocycles. The number of unbranched alkanes of at least 4 members (excludes halogenated alkanes) is 1. The van der Waals surface area contributed by atoms with E-state index >= 15 is 0 Å². The van der Waals surface area contributed by atoms with Gasteiger partial charge in [0, 0.05) is 13.1 Å². The van der Waals surface area contributed by atoms with Crippen LogP contribution in [0.2, 0.25) is 0 Å². The summed E-state index contributed by atoms with van der Waals surface area (Å²) in [6.07, 6.45) is 4.29. The zero-order chi connectivity index (χ0) is 25.2. The van der Waals surface area contributed by atoms with E-state index in [9.17, 15) is 19.5 Å². The van der Waals surface area contributed by atoms with Crippen molar-refractivity contribution in [3.8, 4) is 0 Å². The van der Waals surface area contributed by atoms with Crippen LogP contribution in [0.3, 0.4) is 0 Å². The number of fused-ring (bicyclic) bond motifs is 1. The number of hydrogen-bond acceptors (Lipinski definition) is 5. The largest absolute Gasteiger partial charge is 0.394 e. The number of nitrogens with one attached hydrogen (secondary N) is 2. The molecule has 3 heterocycles. The second-order valence-electron chi connectivity index (χ2n) is 10.1. The number of nitrogens with zero attached hydrogens (tertiary/aromatic N) is 1. The van der Waals surface area contributed by atoms with Crippen molar-refractivity contribution >= 4 is 17.7 Å². The number of aliphatic hydroxyl groups is 1. The maximum absolute atomic E-state index is 14.2. The minimum absolute atomic E-state index is 0.180. The molecule has 3 saturated heterocycles. The second-order valence-corrected chi connectivity index (χ2v) is 10.1. The summed E-state index contributed by atoms with van der Waals surface area (Å²) >= 11 is 0. The van der Waals surface area contributed by atoms with Crippen LogP contribution in [0.1, 0.15) is 70.9 Å². The standard InChI is InChI=1S/C27H39N3O5/c1-4-7-16-29-24(33)22-27-14-13-26(6-3,35-27)20(23(32)28-15-5-2)21(27)25(34)30(22)19(17-31)18-11-9-8-10-12-18/h8-12,19-22,31H,4-7,13-17H2,1-3H3,(H,28,32)(H,29,33)/t19-,20+,21+,22?,26-,27?/m1/s1. The number of benzene rings is 1. The number of carbonyl (C=O) groups is 3. The van der Waals surface area contributed by atoms with Crippen LogP contribution >= 0.6 is 0 Å². The molecule has 6 atom stereocenters. The molecule has 0 saturated carbocycles. The van der Waals surface area contributed by atoms with Crippen LogP contribution in [0.4, 0.5) is 0 Å². The van der Waals surface area contributed by atoms with Gasteiger partial charge in [0.15, 0.2) is 0 Å². The Labute approximate surface area is 207 Å². The summed E-state index contributed by atoms with van der Waals surface area (Å²) in [6.45, 7) is 6.72. The molecule has 3 N–H and O–H groups in total. The normalized spacial score (nSPS) is 31.9. The molecule has 0 aliphatic carbocycles. The number of aliphatic hydroxyl groups excluding tert-OH is 1. The third kappa shape index (κ3) is 4.04. The fourth-order valence-electron chi connectivity index (χ4n) is 6.56. The van der Waals surface area contributed by atoms with Gasteiger partial charge >= 0.3 is 0 Å². The monoisotopic (exact) mass is 485 g/mol. The van der Waals surface area contributed by atoms with Gasteiger partial charge in [0.05, 0.1) is 30.1 Å². The molecule has 3 aliphatic heterocycles. The molecule has 3 aliphatic rings. The van der Waals surface area contributed by atoms with Gasteiger partial charge in [-0.2, -0.15) is 0 Å². The third-order valence-corrected chi connectivity index (χ3v) is 8.22. The highest BCUT2D eigenvalue weighted by molar-refractivity contribution is 5.99. The molecular formula is C27H39N3O5. The van der Waals surface area contributed by atoms with E-state index in [1.54, 1.807) is 0 Å². The maximum atomic E-state index is 14.2. The van der Waals surface area contributed by atoms with Crippen molar-refractivity contribution < 1.29 is 24.2 Å². The minimum atomic E-state index is -1.08. The molecule has 2 unspecified atom stereocenters. The van der Waals surface area contributed by atoms with Crippen LogP contribution in [0.25, 0.3) is 0 Å². The van der Waals surface area contributed by atoms with E-state index in [-0.39, 0.29) is 24.3 Å². The highest BCUT2D eigenvalue weighted by Crippen LogP contribution is 2.65. The summed E-state index contributed by atoms with van der Waals surface area (Å²) < 4.78 is 6.74. The number of ether oxygens (including phenoxy) is 1. The van der Waals surface area contributed by atoms with Crippen LogP contribution in [0.15, 0.2) is 30.3 Å². The molecule has 8 nitrogen and oxygen atoms in total. The lowest BCUT2D eigenvalue weighted by Crippen LogP contribution is -2.56. The Balaban J connectivity index is 1.79. The predicted molar refractivity (Wildman–Crippen MR) is 131 cm³/mol. The highest BCUT2D eigenvalue weighted by Gasteiger charge is 2.79. The average molecular weight is 486 g/mol. The highest BCUT2D eigenvalue weighted by atomic mass is 16.5. The molecule has 3 amide bonds. The van der Waals surface area contributed by atoms with Crippen LogP contribution in [-0.4, -0.2) is 64.7 Å². The van der Waals surface area contributed by atoms with Crippen molar-refractivity contribution in [1.29, 1.82) is 0 Å². The van der Waals surface area contributed by atoms with Gasteiger partial charge in [-0.25, -0.2) is 0 Å². The average Bonchev–Trinajstić information content (AvgIpc) is 3.48. The van der Waals surface area contributed by atoms with Gasteiger partial charge in [-0.15, -0.1) is 0 Å².